The number of nitrogens with one attached hydrogen (secondary N) is 1. The summed E-state index contributed by atoms with van der Waals surface area (Å²) < 4.78 is 5.41. The zero-order chi connectivity index (χ0) is 23.6. The molecule has 0 aliphatic rings. The monoisotopic (exact) mass is 488 g/mol. The second-order valence-electron chi connectivity index (χ2n) is 8.07. The Bertz CT molecular complexity index is 1050. The first-order valence-electron chi connectivity index (χ1n) is 11.2. The topological polar surface area (TPSA) is 84.6 Å². The van der Waals surface area contributed by atoms with Gasteiger partial charge in [0, 0.05) is 6.54 Å². The van der Waals surface area contributed by atoms with E-state index < -0.39 is 6.10 Å². The lowest BCUT2D eigenvalue weighted by Gasteiger charge is -2.14. The maximum absolute atomic E-state index is 12.2. The van der Waals surface area contributed by atoms with E-state index in [0.717, 1.165) is 48.6 Å². The van der Waals surface area contributed by atoms with Crippen LogP contribution in [0.25, 0.3) is 10.8 Å². The van der Waals surface area contributed by atoms with Gasteiger partial charge in [-0.15, -0.1) is 0 Å². The number of carbonyl (C=O) groups excluding carboxylic acids is 1. The van der Waals surface area contributed by atoms with Crippen molar-refractivity contribution in [1.82, 2.24) is 5.32 Å². The number of aliphatic hydroxyl groups is 1. The van der Waals surface area contributed by atoms with Crippen LogP contribution in [0.4, 0.5) is 5.69 Å². The maximum Gasteiger partial charge on any atom is 0.310 e. The highest BCUT2D eigenvalue weighted by atomic mass is 35.5. The minimum Gasteiger partial charge on any atom is -0.465 e. The fourth-order valence-electron chi connectivity index (χ4n) is 3.70. The summed E-state index contributed by atoms with van der Waals surface area (Å²) in [5, 5.41) is 16.4. The molecule has 3 aromatic rings. The molecular formula is C26H30Cl2N2O3. The van der Waals surface area contributed by atoms with E-state index in [1.807, 2.05) is 42.5 Å². The lowest BCUT2D eigenvalue weighted by molar-refractivity contribution is -0.142. The summed E-state index contributed by atoms with van der Waals surface area (Å²) in [6.07, 6.45) is 3.39. The standard InChI is InChI=1S/C26H30Cl2N2O3/c27-22-14-20(15-23(28)26(22)29)24(31)17-30-12-5-1-2-6-13-33-25(32)16-19-10-7-9-18-8-3-4-11-21(18)19/h3-4,7-11,14-15,24,30-31H,1-2,5-6,12-13,16-17,29H2. The molecule has 0 saturated carbocycles. The Kier molecular flexibility index (Phi) is 9.82. The van der Waals surface area contributed by atoms with E-state index in [-0.39, 0.29) is 12.4 Å². The van der Waals surface area contributed by atoms with Crippen molar-refractivity contribution in [1.29, 1.82) is 0 Å². The number of nitrogen functional groups attached to an aromatic ring is 1. The Morgan fingerprint density at radius 2 is 1.70 bits per heavy atom. The van der Waals surface area contributed by atoms with Gasteiger partial charge in [-0.25, -0.2) is 0 Å². The van der Waals surface area contributed by atoms with Gasteiger partial charge in [0.2, 0.25) is 0 Å². The molecule has 0 aliphatic heterocycles. The van der Waals surface area contributed by atoms with Gasteiger partial charge in [0.25, 0.3) is 0 Å². The smallest absolute Gasteiger partial charge is 0.310 e. The second-order valence-corrected chi connectivity index (χ2v) is 8.88. The lowest BCUT2D eigenvalue weighted by atomic mass is 10.0. The molecule has 3 aromatic carbocycles. The van der Waals surface area contributed by atoms with Crippen LogP contribution in [0.3, 0.4) is 0 Å². The van der Waals surface area contributed by atoms with Gasteiger partial charge in [0.1, 0.15) is 0 Å². The molecule has 3 rings (SSSR count). The van der Waals surface area contributed by atoms with Gasteiger partial charge in [-0.3, -0.25) is 4.79 Å². The molecule has 1 atom stereocenters. The average Bonchev–Trinajstić information content (AvgIpc) is 2.81. The van der Waals surface area contributed by atoms with Gasteiger partial charge in [0.15, 0.2) is 0 Å². The number of rotatable bonds is 12. The molecule has 176 valence electrons. The summed E-state index contributed by atoms with van der Waals surface area (Å²) >= 11 is 12.0. The second kappa shape index (κ2) is 12.8. The van der Waals surface area contributed by atoms with Crippen molar-refractivity contribution in [2.45, 2.75) is 38.2 Å². The minimum absolute atomic E-state index is 0.190. The van der Waals surface area contributed by atoms with Crippen LogP contribution in [-0.2, 0) is 16.0 Å². The summed E-state index contributed by atoms with van der Waals surface area (Å²) in [7, 11) is 0. The normalized spacial score (nSPS) is 12.1. The van der Waals surface area contributed by atoms with Crippen LogP contribution in [0, 0.1) is 0 Å². The van der Waals surface area contributed by atoms with Crippen LogP contribution < -0.4 is 11.1 Å². The number of nitrogens with two attached hydrogens (primary N) is 1. The first-order valence-corrected chi connectivity index (χ1v) is 12.0. The van der Waals surface area contributed by atoms with Crippen molar-refractivity contribution in [2.24, 2.45) is 0 Å². The van der Waals surface area contributed by atoms with Crippen molar-refractivity contribution in [3.63, 3.8) is 0 Å². The Morgan fingerprint density at radius 1 is 1.00 bits per heavy atom. The fraction of sp³-hybridized carbons (Fsp3) is 0.346. The van der Waals surface area contributed by atoms with E-state index in [0.29, 0.717) is 34.4 Å². The molecule has 4 N–H and O–H groups in total. The van der Waals surface area contributed by atoms with Gasteiger partial charge >= 0.3 is 5.97 Å². The molecule has 1 unspecified atom stereocenters. The van der Waals surface area contributed by atoms with E-state index in [9.17, 15) is 9.90 Å². The number of unbranched alkanes of at least 4 members (excludes halogenated alkanes) is 3. The zero-order valence-corrected chi connectivity index (χ0v) is 20.0. The summed E-state index contributed by atoms with van der Waals surface area (Å²) in [5.41, 5.74) is 7.68. The fourth-order valence-corrected chi connectivity index (χ4v) is 4.20. The molecule has 0 saturated heterocycles. The molecule has 0 radical (unpaired) electrons. The summed E-state index contributed by atoms with van der Waals surface area (Å²) in [6.45, 7) is 1.63. The van der Waals surface area contributed by atoms with Gasteiger partial charge in [-0.2, -0.15) is 0 Å². The summed E-state index contributed by atoms with van der Waals surface area (Å²) in [5.74, 6) is -0.190. The molecule has 5 nitrogen and oxygen atoms in total. The number of halogens is 2. The molecule has 0 amide bonds. The molecule has 0 fully saturated rings. The number of fused-ring (bicyclic) bond motifs is 1. The molecular weight excluding hydrogens is 459 g/mol. The molecule has 7 heteroatoms. The minimum atomic E-state index is -0.707. The number of benzene rings is 3. The van der Waals surface area contributed by atoms with Crippen molar-refractivity contribution in [3.05, 3.63) is 75.8 Å². The predicted octanol–water partition coefficient (Wildman–Crippen LogP) is 5.70. The van der Waals surface area contributed by atoms with E-state index >= 15 is 0 Å². The highest BCUT2D eigenvalue weighted by Gasteiger charge is 2.12. The number of hydrogen-bond acceptors (Lipinski definition) is 5. The predicted molar refractivity (Wildman–Crippen MR) is 136 cm³/mol. The molecule has 0 aromatic heterocycles. The van der Waals surface area contributed by atoms with Crippen LogP contribution >= 0.6 is 23.2 Å². The van der Waals surface area contributed by atoms with Crippen molar-refractivity contribution in [2.75, 3.05) is 25.4 Å². The number of hydrogen-bond donors (Lipinski definition) is 3. The third-order valence-corrected chi connectivity index (χ3v) is 6.17. The van der Waals surface area contributed by atoms with Gasteiger partial charge in [0.05, 0.1) is 34.9 Å². The van der Waals surface area contributed by atoms with Crippen LogP contribution in [0.1, 0.15) is 42.9 Å². The summed E-state index contributed by atoms with van der Waals surface area (Å²) in [6, 6.07) is 17.3. The van der Waals surface area contributed by atoms with Crippen LogP contribution in [0.5, 0.6) is 0 Å². The van der Waals surface area contributed by atoms with Crippen LogP contribution in [0.15, 0.2) is 54.6 Å². The van der Waals surface area contributed by atoms with Crippen LogP contribution in [0.2, 0.25) is 10.0 Å². The largest absolute Gasteiger partial charge is 0.465 e. The van der Waals surface area contributed by atoms with Gasteiger partial charge in [-0.05, 0) is 53.4 Å². The number of ether oxygens (including phenoxy) is 1. The van der Waals surface area contributed by atoms with E-state index in [2.05, 4.69) is 5.32 Å². The number of esters is 1. The summed E-state index contributed by atoms with van der Waals surface area (Å²) in [4.78, 5) is 12.2. The Balaban J connectivity index is 1.25. The first kappa shape index (κ1) is 25.3. The number of carbonyl (C=O) groups is 1. The van der Waals surface area contributed by atoms with E-state index in [1.54, 1.807) is 12.1 Å². The Hall–Kier alpha value is -2.31. The average molecular weight is 489 g/mol. The maximum atomic E-state index is 12.2. The molecule has 0 aliphatic carbocycles. The van der Waals surface area contributed by atoms with E-state index in [4.69, 9.17) is 33.7 Å². The highest BCUT2D eigenvalue weighted by Crippen LogP contribution is 2.31. The quantitative estimate of drug-likeness (QED) is 0.173. The SMILES string of the molecule is Nc1c(Cl)cc(C(O)CNCCCCCCOC(=O)Cc2cccc3ccccc23)cc1Cl. The molecule has 0 spiro atoms. The highest BCUT2D eigenvalue weighted by molar-refractivity contribution is 6.38. The molecule has 0 heterocycles. The third kappa shape index (κ3) is 7.61. The van der Waals surface area contributed by atoms with Crippen LogP contribution in [-0.4, -0.2) is 30.8 Å². The first-order chi connectivity index (χ1) is 16.0. The van der Waals surface area contributed by atoms with Crippen molar-refractivity contribution >= 4 is 45.6 Å². The van der Waals surface area contributed by atoms with Crippen molar-refractivity contribution in [3.8, 4) is 0 Å². The molecule has 33 heavy (non-hydrogen) atoms. The zero-order valence-electron chi connectivity index (χ0n) is 18.5. The van der Waals surface area contributed by atoms with Crippen molar-refractivity contribution < 1.29 is 14.6 Å². The number of aliphatic hydroxyl groups excluding tert-OH is 1. The van der Waals surface area contributed by atoms with E-state index in [1.165, 1.54) is 0 Å². The Labute approximate surface area is 204 Å². The van der Waals surface area contributed by atoms with Gasteiger partial charge < -0.3 is 20.9 Å². The third-order valence-electron chi connectivity index (χ3n) is 5.55. The Morgan fingerprint density at radius 3 is 2.48 bits per heavy atom. The van der Waals surface area contributed by atoms with Gasteiger partial charge in [-0.1, -0.05) is 78.5 Å². The lowest BCUT2D eigenvalue weighted by Crippen LogP contribution is -2.22. The molecule has 0 bridgehead atoms. The number of anilines is 1.